The standard InChI is InChI=1S/C17H33NO/c1-2-3-4-5-6-7-8-9-13-17(19)15-11-10-12-16(18)14-15/h15-16H,2-14,18H2,1H3. The molecule has 1 aliphatic carbocycles. The first kappa shape index (κ1) is 16.7. The Bertz CT molecular complexity index is 239. The average Bonchev–Trinajstić information content (AvgIpc) is 2.41. The minimum atomic E-state index is 0.279. The maximum atomic E-state index is 12.1. The van der Waals surface area contributed by atoms with Crippen LogP contribution in [0.25, 0.3) is 0 Å². The van der Waals surface area contributed by atoms with Crippen molar-refractivity contribution in [1.82, 2.24) is 0 Å². The van der Waals surface area contributed by atoms with Gasteiger partial charge in [-0.1, -0.05) is 58.3 Å². The van der Waals surface area contributed by atoms with Gasteiger partial charge >= 0.3 is 0 Å². The fraction of sp³-hybridized carbons (Fsp3) is 0.941. The Kier molecular flexibility index (Phi) is 9.15. The molecule has 19 heavy (non-hydrogen) atoms. The molecular weight excluding hydrogens is 234 g/mol. The van der Waals surface area contributed by atoms with Crippen LogP contribution in [-0.4, -0.2) is 11.8 Å². The third kappa shape index (κ3) is 7.71. The number of hydrogen-bond donors (Lipinski definition) is 1. The number of unbranched alkanes of at least 4 members (excludes halogenated alkanes) is 7. The van der Waals surface area contributed by atoms with Crippen molar-refractivity contribution in [3.63, 3.8) is 0 Å². The molecule has 0 aromatic heterocycles. The van der Waals surface area contributed by atoms with Gasteiger partial charge < -0.3 is 5.73 Å². The van der Waals surface area contributed by atoms with Crippen molar-refractivity contribution < 1.29 is 4.79 Å². The van der Waals surface area contributed by atoms with Crippen LogP contribution in [0.15, 0.2) is 0 Å². The van der Waals surface area contributed by atoms with Gasteiger partial charge in [-0.25, -0.2) is 0 Å². The van der Waals surface area contributed by atoms with E-state index < -0.39 is 0 Å². The Morgan fingerprint density at radius 3 is 2.26 bits per heavy atom. The van der Waals surface area contributed by atoms with Gasteiger partial charge in [0.25, 0.3) is 0 Å². The molecule has 2 heteroatoms. The lowest BCUT2D eigenvalue weighted by Crippen LogP contribution is -2.31. The molecule has 1 fully saturated rings. The molecule has 0 amide bonds. The molecule has 2 N–H and O–H groups in total. The molecule has 1 aliphatic rings. The van der Waals surface area contributed by atoms with E-state index in [9.17, 15) is 4.79 Å². The maximum Gasteiger partial charge on any atom is 0.136 e. The number of hydrogen-bond acceptors (Lipinski definition) is 2. The SMILES string of the molecule is CCCCCCCCCCC(=O)C1CCCC(N)C1. The molecule has 0 heterocycles. The first-order chi connectivity index (χ1) is 9.24. The van der Waals surface area contributed by atoms with Crippen molar-refractivity contribution in [2.75, 3.05) is 0 Å². The minimum absolute atomic E-state index is 0.279. The zero-order valence-corrected chi connectivity index (χ0v) is 12.8. The van der Waals surface area contributed by atoms with Crippen molar-refractivity contribution in [3.05, 3.63) is 0 Å². The van der Waals surface area contributed by atoms with Gasteiger partial charge in [-0.15, -0.1) is 0 Å². The lowest BCUT2D eigenvalue weighted by molar-refractivity contribution is -0.124. The minimum Gasteiger partial charge on any atom is -0.328 e. The number of carbonyl (C=O) groups is 1. The van der Waals surface area contributed by atoms with Gasteiger partial charge in [-0.05, 0) is 25.7 Å². The Balaban J connectivity index is 1.95. The first-order valence-corrected chi connectivity index (χ1v) is 8.52. The topological polar surface area (TPSA) is 43.1 Å². The molecule has 2 nitrogen and oxygen atoms in total. The molecule has 0 aromatic rings. The van der Waals surface area contributed by atoms with E-state index in [1.807, 2.05) is 0 Å². The van der Waals surface area contributed by atoms with Gasteiger partial charge in [0.2, 0.25) is 0 Å². The molecule has 1 rings (SSSR count). The summed E-state index contributed by atoms with van der Waals surface area (Å²) < 4.78 is 0. The third-order valence-electron chi connectivity index (χ3n) is 4.45. The van der Waals surface area contributed by atoms with Crippen LogP contribution in [-0.2, 0) is 4.79 Å². The van der Waals surface area contributed by atoms with Gasteiger partial charge in [0.1, 0.15) is 5.78 Å². The predicted molar refractivity (Wildman–Crippen MR) is 82.2 cm³/mol. The highest BCUT2D eigenvalue weighted by Crippen LogP contribution is 2.25. The van der Waals surface area contributed by atoms with E-state index in [2.05, 4.69) is 6.92 Å². The van der Waals surface area contributed by atoms with E-state index in [-0.39, 0.29) is 12.0 Å². The van der Waals surface area contributed by atoms with E-state index in [4.69, 9.17) is 5.73 Å². The van der Waals surface area contributed by atoms with Crippen molar-refractivity contribution in [2.45, 2.75) is 96.4 Å². The molecule has 0 spiro atoms. The summed E-state index contributed by atoms with van der Waals surface area (Å²) in [5.41, 5.74) is 5.94. The quantitative estimate of drug-likeness (QED) is 0.588. The number of ketones is 1. The summed E-state index contributed by atoms with van der Waals surface area (Å²) in [4.78, 5) is 12.1. The van der Waals surface area contributed by atoms with Gasteiger partial charge in [-0.2, -0.15) is 0 Å². The molecule has 0 aromatic carbocycles. The highest BCUT2D eigenvalue weighted by atomic mass is 16.1. The summed E-state index contributed by atoms with van der Waals surface area (Å²) in [5.74, 6) is 0.773. The van der Waals surface area contributed by atoms with Crippen LogP contribution < -0.4 is 5.73 Å². The molecule has 0 saturated heterocycles. The molecule has 0 bridgehead atoms. The summed E-state index contributed by atoms with van der Waals surface area (Å²) in [7, 11) is 0. The molecule has 2 atom stereocenters. The van der Waals surface area contributed by atoms with Crippen LogP contribution in [0.5, 0.6) is 0 Å². The van der Waals surface area contributed by atoms with E-state index in [1.54, 1.807) is 0 Å². The second kappa shape index (κ2) is 10.4. The lowest BCUT2D eigenvalue weighted by Gasteiger charge is -2.25. The Morgan fingerprint density at radius 2 is 1.63 bits per heavy atom. The second-order valence-corrected chi connectivity index (χ2v) is 6.31. The molecule has 0 aliphatic heterocycles. The highest BCUT2D eigenvalue weighted by Gasteiger charge is 2.24. The highest BCUT2D eigenvalue weighted by molar-refractivity contribution is 5.81. The van der Waals surface area contributed by atoms with Gasteiger partial charge in [-0.3, -0.25) is 4.79 Å². The zero-order valence-electron chi connectivity index (χ0n) is 12.8. The van der Waals surface area contributed by atoms with E-state index in [0.717, 1.165) is 38.5 Å². The lowest BCUT2D eigenvalue weighted by atomic mass is 9.82. The summed E-state index contributed by atoms with van der Waals surface area (Å²) >= 11 is 0. The maximum absolute atomic E-state index is 12.1. The summed E-state index contributed by atoms with van der Waals surface area (Å²) in [6.45, 7) is 2.25. The molecule has 112 valence electrons. The molecule has 1 saturated carbocycles. The Hall–Kier alpha value is -0.370. The van der Waals surface area contributed by atoms with Crippen LogP contribution in [0.2, 0.25) is 0 Å². The molecule has 0 radical (unpaired) electrons. The summed E-state index contributed by atoms with van der Waals surface area (Å²) in [6.07, 6.45) is 15.5. The summed E-state index contributed by atoms with van der Waals surface area (Å²) in [5, 5.41) is 0. The van der Waals surface area contributed by atoms with E-state index in [0.29, 0.717) is 5.78 Å². The van der Waals surface area contributed by atoms with Crippen molar-refractivity contribution in [1.29, 1.82) is 0 Å². The number of carbonyl (C=O) groups excluding carboxylic acids is 1. The zero-order chi connectivity index (χ0) is 13.9. The fourth-order valence-electron chi connectivity index (χ4n) is 3.16. The number of rotatable bonds is 10. The van der Waals surface area contributed by atoms with Crippen molar-refractivity contribution in [3.8, 4) is 0 Å². The third-order valence-corrected chi connectivity index (χ3v) is 4.45. The van der Waals surface area contributed by atoms with E-state index >= 15 is 0 Å². The van der Waals surface area contributed by atoms with Crippen LogP contribution in [0.1, 0.15) is 90.4 Å². The summed E-state index contributed by atoms with van der Waals surface area (Å²) in [6, 6.07) is 0.279. The van der Waals surface area contributed by atoms with Crippen molar-refractivity contribution >= 4 is 5.78 Å². The number of nitrogens with two attached hydrogens (primary N) is 1. The van der Waals surface area contributed by atoms with Crippen LogP contribution in [0, 0.1) is 5.92 Å². The number of Topliss-reactive ketones (excluding diaryl/α,β-unsaturated/α-hetero) is 1. The first-order valence-electron chi connectivity index (χ1n) is 8.52. The average molecular weight is 267 g/mol. The van der Waals surface area contributed by atoms with Crippen LogP contribution in [0.4, 0.5) is 0 Å². The largest absolute Gasteiger partial charge is 0.328 e. The Labute approximate surface area is 119 Å². The molecular formula is C17H33NO. The molecule has 2 unspecified atom stereocenters. The van der Waals surface area contributed by atoms with Crippen molar-refractivity contribution in [2.24, 2.45) is 11.7 Å². The predicted octanol–water partition coefficient (Wildman–Crippen LogP) is 4.60. The van der Waals surface area contributed by atoms with E-state index in [1.165, 1.54) is 44.9 Å². The van der Waals surface area contributed by atoms with Gasteiger partial charge in [0.05, 0.1) is 0 Å². The normalized spacial score (nSPS) is 23.5. The van der Waals surface area contributed by atoms with Gasteiger partial charge in [0.15, 0.2) is 0 Å². The monoisotopic (exact) mass is 267 g/mol. The van der Waals surface area contributed by atoms with Crippen LogP contribution in [0.3, 0.4) is 0 Å². The fourth-order valence-corrected chi connectivity index (χ4v) is 3.16. The Morgan fingerprint density at radius 1 is 1.00 bits per heavy atom. The van der Waals surface area contributed by atoms with Crippen LogP contribution >= 0.6 is 0 Å². The van der Waals surface area contributed by atoms with Gasteiger partial charge in [0, 0.05) is 18.4 Å². The second-order valence-electron chi connectivity index (χ2n) is 6.31. The smallest absolute Gasteiger partial charge is 0.136 e.